The van der Waals surface area contributed by atoms with Crippen LogP contribution < -0.4 is 5.32 Å². The summed E-state index contributed by atoms with van der Waals surface area (Å²) in [5.41, 5.74) is 0.838. The van der Waals surface area contributed by atoms with Gasteiger partial charge in [0.2, 0.25) is 0 Å². The molecule has 0 saturated heterocycles. The van der Waals surface area contributed by atoms with E-state index in [4.69, 9.17) is 4.74 Å². The molecule has 0 aliphatic rings. The summed E-state index contributed by atoms with van der Waals surface area (Å²) in [4.78, 5) is 0.351. The third-order valence-corrected chi connectivity index (χ3v) is 4.79. The van der Waals surface area contributed by atoms with E-state index in [1.54, 1.807) is 31.4 Å². The maximum Gasteiger partial charge on any atom is 0.178 e. The average molecular weight is 301 g/mol. The highest BCUT2D eigenvalue weighted by Crippen LogP contribution is 2.16. The van der Waals surface area contributed by atoms with Crippen LogP contribution in [0.1, 0.15) is 19.8 Å². The Hall–Kier alpha value is -1.11. The molecule has 1 aromatic rings. The zero-order valence-electron chi connectivity index (χ0n) is 12.0. The zero-order chi connectivity index (χ0) is 15.0. The zero-order valence-corrected chi connectivity index (χ0v) is 12.8. The highest BCUT2D eigenvalue weighted by atomic mass is 32.2. The van der Waals surface area contributed by atoms with E-state index in [1.165, 1.54) is 0 Å². The molecule has 0 radical (unpaired) electrons. The molecule has 0 saturated carbocycles. The van der Waals surface area contributed by atoms with Gasteiger partial charge in [-0.05, 0) is 37.1 Å². The van der Waals surface area contributed by atoms with E-state index in [2.05, 4.69) is 5.32 Å². The molecule has 0 fully saturated rings. The third-order valence-electron chi connectivity index (χ3n) is 2.85. The molecule has 0 heterocycles. The van der Waals surface area contributed by atoms with Crippen LogP contribution in [0.15, 0.2) is 29.2 Å². The molecular weight excluding hydrogens is 278 g/mol. The molecular formula is C14H23NO4S. The Morgan fingerprint density at radius 3 is 2.50 bits per heavy atom. The first-order valence-corrected chi connectivity index (χ1v) is 8.38. The van der Waals surface area contributed by atoms with Gasteiger partial charge < -0.3 is 15.2 Å². The van der Waals surface area contributed by atoms with Gasteiger partial charge in [-0.25, -0.2) is 8.42 Å². The van der Waals surface area contributed by atoms with Crippen molar-refractivity contribution in [2.45, 2.75) is 30.8 Å². The second-order valence-electron chi connectivity index (χ2n) is 4.67. The van der Waals surface area contributed by atoms with E-state index >= 15 is 0 Å². The van der Waals surface area contributed by atoms with Crippen molar-refractivity contribution in [3.63, 3.8) is 0 Å². The summed E-state index contributed by atoms with van der Waals surface area (Å²) < 4.78 is 28.5. The number of hydrogen-bond donors (Lipinski definition) is 2. The highest BCUT2D eigenvalue weighted by Gasteiger charge is 2.12. The summed E-state index contributed by atoms with van der Waals surface area (Å²) >= 11 is 0. The summed E-state index contributed by atoms with van der Waals surface area (Å²) in [5.74, 6) is 0.170. The summed E-state index contributed by atoms with van der Waals surface area (Å²) in [7, 11) is -1.60. The average Bonchev–Trinajstić information content (AvgIpc) is 2.39. The molecule has 1 unspecified atom stereocenters. The molecule has 0 amide bonds. The van der Waals surface area contributed by atoms with Crippen LogP contribution in [0.2, 0.25) is 0 Å². The lowest BCUT2D eigenvalue weighted by atomic mass is 10.2. The Labute approximate surface area is 120 Å². The number of hydrogen-bond acceptors (Lipinski definition) is 5. The summed E-state index contributed by atoms with van der Waals surface area (Å²) in [6.45, 7) is 2.76. The summed E-state index contributed by atoms with van der Waals surface area (Å²) in [6.07, 6.45) is 0.695. The predicted octanol–water partition coefficient (Wildman–Crippen LogP) is 1.68. The van der Waals surface area contributed by atoms with Crippen molar-refractivity contribution < 1.29 is 18.3 Å². The summed E-state index contributed by atoms with van der Waals surface area (Å²) in [5, 5.41) is 12.6. The Kier molecular flexibility index (Phi) is 6.98. The number of benzene rings is 1. The minimum absolute atomic E-state index is 0.170. The maximum absolute atomic E-state index is 11.9. The van der Waals surface area contributed by atoms with Crippen LogP contribution in [0.4, 0.5) is 5.69 Å². The van der Waals surface area contributed by atoms with Crippen LogP contribution in [0.3, 0.4) is 0 Å². The van der Waals surface area contributed by atoms with Gasteiger partial charge in [0.15, 0.2) is 9.84 Å². The van der Waals surface area contributed by atoms with Crippen LogP contribution in [0, 0.1) is 0 Å². The Morgan fingerprint density at radius 2 is 1.95 bits per heavy atom. The lowest BCUT2D eigenvalue weighted by Gasteiger charge is -2.11. The lowest BCUT2D eigenvalue weighted by molar-refractivity contribution is 0.0615. The van der Waals surface area contributed by atoms with Crippen molar-refractivity contribution in [3.05, 3.63) is 24.3 Å². The van der Waals surface area contributed by atoms with E-state index < -0.39 is 15.9 Å². The van der Waals surface area contributed by atoms with Crippen LogP contribution in [-0.4, -0.2) is 45.6 Å². The van der Waals surface area contributed by atoms with Gasteiger partial charge in [-0.1, -0.05) is 6.92 Å². The third kappa shape index (κ3) is 5.48. The number of nitrogens with one attached hydrogen (secondary N) is 1. The maximum atomic E-state index is 11.9. The number of aliphatic hydroxyl groups is 1. The Bertz CT molecular complexity index is 484. The molecule has 20 heavy (non-hydrogen) atoms. The minimum Gasteiger partial charge on any atom is -0.391 e. The molecule has 1 atom stereocenters. The molecule has 0 aliphatic carbocycles. The van der Waals surface area contributed by atoms with Crippen molar-refractivity contribution in [1.82, 2.24) is 0 Å². The van der Waals surface area contributed by atoms with E-state index in [1.807, 2.05) is 6.92 Å². The minimum atomic E-state index is -3.15. The molecule has 0 spiro atoms. The van der Waals surface area contributed by atoms with Crippen molar-refractivity contribution in [2.24, 2.45) is 0 Å². The first-order valence-electron chi connectivity index (χ1n) is 6.73. The van der Waals surface area contributed by atoms with Crippen LogP contribution in [0.5, 0.6) is 0 Å². The molecule has 2 N–H and O–H groups in total. The van der Waals surface area contributed by atoms with Gasteiger partial charge >= 0.3 is 0 Å². The standard InChI is InChI=1S/C14H23NO4S/c1-3-10-20(17,18)14-6-4-12(5-7-14)15-9-8-13(16)11-19-2/h4-7,13,15-16H,3,8-11H2,1-2H3. The van der Waals surface area contributed by atoms with Crippen LogP contribution in [0.25, 0.3) is 0 Å². The molecule has 0 bridgehead atoms. The fraction of sp³-hybridized carbons (Fsp3) is 0.571. The quantitative estimate of drug-likeness (QED) is 0.726. The molecule has 1 aromatic carbocycles. The molecule has 5 nitrogen and oxygen atoms in total. The topological polar surface area (TPSA) is 75.6 Å². The van der Waals surface area contributed by atoms with Crippen molar-refractivity contribution >= 4 is 15.5 Å². The van der Waals surface area contributed by atoms with E-state index in [0.717, 1.165) is 5.69 Å². The van der Waals surface area contributed by atoms with Gasteiger partial charge in [0.25, 0.3) is 0 Å². The first-order chi connectivity index (χ1) is 9.49. The van der Waals surface area contributed by atoms with Crippen molar-refractivity contribution in [1.29, 1.82) is 0 Å². The van der Waals surface area contributed by atoms with Gasteiger partial charge in [0, 0.05) is 19.3 Å². The molecule has 114 valence electrons. The van der Waals surface area contributed by atoms with E-state index in [0.29, 0.717) is 30.9 Å². The van der Waals surface area contributed by atoms with Gasteiger partial charge in [0.05, 0.1) is 23.4 Å². The number of methoxy groups -OCH3 is 1. The van der Waals surface area contributed by atoms with Gasteiger partial charge in [-0.15, -0.1) is 0 Å². The smallest absolute Gasteiger partial charge is 0.178 e. The summed E-state index contributed by atoms with van der Waals surface area (Å²) in [6, 6.07) is 6.70. The predicted molar refractivity (Wildman–Crippen MR) is 79.8 cm³/mol. The number of ether oxygens (including phenoxy) is 1. The molecule has 6 heteroatoms. The monoisotopic (exact) mass is 301 g/mol. The van der Waals surface area contributed by atoms with Crippen molar-refractivity contribution in [3.8, 4) is 0 Å². The Balaban J connectivity index is 2.51. The van der Waals surface area contributed by atoms with Crippen LogP contribution >= 0.6 is 0 Å². The van der Waals surface area contributed by atoms with Gasteiger partial charge in [0.1, 0.15) is 0 Å². The number of rotatable bonds is 9. The first kappa shape index (κ1) is 16.9. The van der Waals surface area contributed by atoms with E-state index in [-0.39, 0.29) is 5.75 Å². The van der Waals surface area contributed by atoms with Gasteiger partial charge in [-0.2, -0.15) is 0 Å². The SMILES string of the molecule is CCCS(=O)(=O)c1ccc(NCCC(O)COC)cc1. The number of anilines is 1. The second kappa shape index (κ2) is 8.24. The fourth-order valence-electron chi connectivity index (χ4n) is 1.83. The Morgan fingerprint density at radius 1 is 1.30 bits per heavy atom. The lowest BCUT2D eigenvalue weighted by Crippen LogP contribution is -2.18. The molecule has 1 rings (SSSR count). The second-order valence-corrected chi connectivity index (χ2v) is 6.78. The largest absolute Gasteiger partial charge is 0.391 e. The van der Waals surface area contributed by atoms with E-state index in [9.17, 15) is 13.5 Å². The van der Waals surface area contributed by atoms with Crippen LogP contribution in [-0.2, 0) is 14.6 Å². The number of sulfone groups is 1. The highest BCUT2D eigenvalue weighted by molar-refractivity contribution is 7.91. The molecule has 0 aliphatic heterocycles. The number of aliphatic hydroxyl groups excluding tert-OH is 1. The van der Waals surface area contributed by atoms with Gasteiger partial charge in [-0.3, -0.25) is 0 Å². The fourth-order valence-corrected chi connectivity index (χ4v) is 3.15. The van der Waals surface area contributed by atoms with Crippen molar-refractivity contribution in [2.75, 3.05) is 31.3 Å². The molecule has 0 aromatic heterocycles. The normalized spacial score (nSPS) is 13.2.